The Morgan fingerprint density at radius 1 is 1.55 bits per heavy atom. The molecule has 1 saturated heterocycles. The van der Waals surface area contributed by atoms with E-state index >= 15 is 0 Å². The van der Waals surface area contributed by atoms with Crippen LogP contribution in [0.25, 0.3) is 0 Å². The second kappa shape index (κ2) is 5.95. The van der Waals surface area contributed by atoms with Gasteiger partial charge in [-0.2, -0.15) is 4.31 Å². The highest BCUT2D eigenvalue weighted by Gasteiger charge is 2.33. The second-order valence-corrected chi connectivity index (χ2v) is 6.91. The first kappa shape index (κ1) is 15.7. The van der Waals surface area contributed by atoms with E-state index in [0.29, 0.717) is 13.0 Å². The molecule has 0 saturated carbocycles. The van der Waals surface area contributed by atoms with Crippen molar-refractivity contribution in [1.29, 1.82) is 0 Å². The van der Waals surface area contributed by atoms with E-state index in [1.54, 1.807) is 0 Å². The number of hydrogen-bond donors (Lipinski definition) is 1. The third kappa shape index (κ3) is 2.82. The molecule has 1 aromatic carbocycles. The van der Waals surface area contributed by atoms with E-state index in [2.05, 4.69) is 0 Å². The van der Waals surface area contributed by atoms with Crippen molar-refractivity contribution in [2.24, 2.45) is 5.73 Å². The molecule has 5 nitrogen and oxygen atoms in total. The van der Waals surface area contributed by atoms with Gasteiger partial charge >= 0.3 is 0 Å². The Morgan fingerprint density at radius 3 is 2.80 bits per heavy atom. The summed E-state index contributed by atoms with van der Waals surface area (Å²) in [6.07, 6.45) is 0.492. The van der Waals surface area contributed by atoms with E-state index in [4.69, 9.17) is 22.1 Å². The number of sulfonamides is 1. The van der Waals surface area contributed by atoms with Crippen LogP contribution < -0.4 is 5.73 Å². The molecule has 20 heavy (non-hydrogen) atoms. The lowest BCUT2D eigenvalue weighted by atomic mass is 10.2. The van der Waals surface area contributed by atoms with Crippen LogP contribution in [-0.2, 0) is 21.3 Å². The third-order valence-corrected chi connectivity index (χ3v) is 5.64. The summed E-state index contributed by atoms with van der Waals surface area (Å²) in [7, 11) is -2.22. The number of benzene rings is 1. The maximum Gasteiger partial charge on any atom is 0.243 e. The van der Waals surface area contributed by atoms with Gasteiger partial charge in [0.2, 0.25) is 10.0 Å². The highest BCUT2D eigenvalue weighted by molar-refractivity contribution is 7.89. The van der Waals surface area contributed by atoms with Crippen LogP contribution in [0.15, 0.2) is 17.0 Å². The fourth-order valence-corrected chi connectivity index (χ4v) is 3.91. The molecule has 1 aliphatic heterocycles. The molecule has 1 aromatic rings. The van der Waals surface area contributed by atoms with Crippen molar-refractivity contribution >= 4 is 21.6 Å². The predicted octanol–water partition coefficient (Wildman–Crippen LogP) is 1.35. The topological polar surface area (TPSA) is 72.6 Å². The van der Waals surface area contributed by atoms with Gasteiger partial charge in [0.25, 0.3) is 0 Å². The highest BCUT2D eigenvalue weighted by Crippen LogP contribution is 2.28. The Kier molecular flexibility index (Phi) is 4.66. The Labute approximate surface area is 122 Å². The molecule has 0 aliphatic carbocycles. The lowest BCUT2D eigenvalue weighted by Crippen LogP contribution is -2.30. The average molecular weight is 323 g/mol. The van der Waals surface area contributed by atoms with E-state index in [1.807, 2.05) is 0 Å². The van der Waals surface area contributed by atoms with Crippen LogP contribution in [0.5, 0.6) is 0 Å². The van der Waals surface area contributed by atoms with E-state index < -0.39 is 15.8 Å². The summed E-state index contributed by atoms with van der Waals surface area (Å²) in [6.45, 7) is 0.587. The molecule has 0 amide bonds. The van der Waals surface area contributed by atoms with Crippen LogP contribution in [0.1, 0.15) is 12.0 Å². The zero-order valence-corrected chi connectivity index (χ0v) is 12.5. The van der Waals surface area contributed by atoms with E-state index in [-0.39, 0.29) is 34.7 Å². The Hall–Kier alpha value is -0.730. The minimum atomic E-state index is -3.75. The van der Waals surface area contributed by atoms with Crippen LogP contribution in [0, 0.1) is 5.82 Å². The minimum Gasteiger partial charge on any atom is -0.380 e. The molecule has 0 radical (unpaired) electrons. The van der Waals surface area contributed by atoms with Crippen molar-refractivity contribution in [2.45, 2.75) is 24.0 Å². The number of nitrogens with two attached hydrogens (primary N) is 1. The van der Waals surface area contributed by atoms with E-state index in [1.165, 1.54) is 17.5 Å². The first-order valence-electron chi connectivity index (χ1n) is 6.11. The largest absolute Gasteiger partial charge is 0.380 e. The molecule has 112 valence electrons. The summed E-state index contributed by atoms with van der Waals surface area (Å²) in [5.41, 5.74) is 5.72. The summed E-state index contributed by atoms with van der Waals surface area (Å²) in [5.74, 6) is -0.782. The van der Waals surface area contributed by atoms with Crippen LogP contribution in [0.4, 0.5) is 4.39 Å². The molecular weight excluding hydrogens is 307 g/mol. The predicted molar refractivity (Wildman–Crippen MR) is 73.5 cm³/mol. The molecular formula is C12H16ClFN2O3S. The molecule has 0 bridgehead atoms. The lowest BCUT2D eigenvalue weighted by Gasteiger charge is -2.17. The minimum absolute atomic E-state index is 0.0280. The number of ether oxygens (including phenoxy) is 1. The van der Waals surface area contributed by atoms with Crippen LogP contribution in [-0.4, -0.2) is 39.0 Å². The van der Waals surface area contributed by atoms with Crippen molar-refractivity contribution in [3.05, 3.63) is 28.5 Å². The van der Waals surface area contributed by atoms with Crippen molar-refractivity contribution in [3.63, 3.8) is 0 Å². The molecule has 1 unspecified atom stereocenters. The van der Waals surface area contributed by atoms with Crippen LogP contribution in [0.3, 0.4) is 0 Å². The van der Waals surface area contributed by atoms with Crippen molar-refractivity contribution in [2.75, 3.05) is 20.2 Å². The number of halogens is 2. The SMILES string of the molecule is COC1CCN(S(=O)(=O)c2cc(F)c(Cl)c(CN)c2)C1. The number of methoxy groups -OCH3 is 1. The summed E-state index contributed by atoms with van der Waals surface area (Å²) < 4.78 is 45.0. The summed E-state index contributed by atoms with van der Waals surface area (Å²) in [6, 6.07) is 2.25. The Balaban J connectivity index is 2.38. The smallest absolute Gasteiger partial charge is 0.243 e. The second-order valence-electron chi connectivity index (χ2n) is 4.59. The van der Waals surface area contributed by atoms with Gasteiger partial charge in [-0.15, -0.1) is 0 Å². The number of hydrogen-bond acceptors (Lipinski definition) is 4. The molecule has 1 fully saturated rings. The summed E-state index contributed by atoms with van der Waals surface area (Å²) in [4.78, 5) is -0.128. The van der Waals surface area contributed by atoms with Crippen molar-refractivity contribution in [3.8, 4) is 0 Å². The standard InChI is InChI=1S/C12H16ClFN2O3S/c1-19-9-2-3-16(7-9)20(17,18)10-4-8(6-15)12(13)11(14)5-10/h4-5,9H,2-3,6-7,15H2,1H3. The maximum absolute atomic E-state index is 13.7. The fourth-order valence-electron chi connectivity index (χ4n) is 2.17. The Bertz CT molecular complexity index is 609. The zero-order valence-electron chi connectivity index (χ0n) is 11.0. The van der Waals surface area contributed by atoms with Crippen LogP contribution >= 0.6 is 11.6 Å². The van der Waals surface area contributed by atoms with E-state index in [9.17, 15) is 12.8 Å². The molecule has 2 rings (SSSR count). The molecule has 1 heterocycles. The van der Waals surface area contributed by atoms with Gasteiger partial charge < -0.3 is 10.5 Å². The maximum atomic E-state index is 13.7. The lowest BCUT2D eigenvalue weighted by molar-refractivity contribution is 0.115. The molecule has 1 aliphatic rings. The quantitative estimate of drug-likeness (QED) is 0.908. The normalized spacial score (nSPS) is 20.5. The highest BCUT2D eigenvalue weighted by atomic mass is 35.5. The fraction of sp³-hybridized carbons (Fsp3) is 0.500. The van der Waals surface area contributed by atoms with Crippen molar-refractivity contribution < 1.29 is 17.5 Å². The average Bonchev–Trinajstić information content (AvgIpc) is 2.91. The number of rotatable bonds is 4. The molecule has 8 heteroatoms. The van der Waals surface area contributed by atoms with Gasteiger partial charge in [-0.05, 0) is 24.1 Å². The first-order chi connectivity index (χ1) is 9.40. The first-order valence-corrected chi connectivity index (χ1v) is 7.93. The zero-order chi connectivity index (χ0) is 14.9. The van der Waals surface area contributed by atoms with Gasteiger partial charge in [-0.3, -0.25) is 0 Å². The number of nitrogens with zero attached hydrogens (tertiary/aromatic N) is 1. The Morgan fingerprint density at radius 2 is 2.25 bits per heavy atom. The molecule has 2 N–H and O–H groups in total. The van der Waals surface area contributed by atoms with Gasteiger partial charge in [-0.1, -0.05) is 11.6 Å². The summed E-state index contributed by atoms with van der Waals surface area (Å²) in [5, 5.41) is -0.136. The van der Waals surface area contributed by atoms with Crippen LogP contribution in [0.2, 0.25) is 5.02 Å². The molecule has 1 atom stereocenters. The van der Waals surface area contributed by atoms with Gasteiger partial charge in [0.05, 0.1) is 16.0 Å². The van der Waals surface area contributed by atoms with E-state index in [0.717, 1.165) is 6.07 Å². The molecule has 0 spiro atoms. The van der Waals surface area contributed by atoms with Gasteiger partial charge in [-0.25, -0.2) is 12.8 Å². The summed E-state index contributed by atoms with van der Waals surface area (Å²) >= 11 is 5.74. The van der Waals surface area contributed by atoms with Gasteiger partial charge in [0, 0.05) is 26.7 Å². The van der Waals surface area contributed by atoms with Gasteiger partial charge in [0.15, 0.2) is 0 Å². The molecule has 0 aromatic heterocycles. The van der Waals surface area contributed by atoms with Gasteiger partial charge in [0.1, 0.15) is 5.82 Å². The third-order valence-electron chi connectivity index (χ3n) is 3.38. The van der Waals surface area contributed by atoms with Crippen molar-refractivity contribution in [1.82, 2.24) is 4.31 Å². The monoisotopic (exact) mass is 322 g/mol.